The molecule has 2 unspecified atom stereocenters. The number of rotatable bonds is 2. The smallest absolute Gasteiger partial charge is 0.186 e. The number of hydrogen-bond donors (Lipinski definition) is 1. The lowest BCUT2D eigenvalue weighted by molar-refractivity contribution is 0.539. The Morgan fingerprint density at radius 2 is 2.06 bits per heavy atom. The second kappa shape index (κ2) is 4.55. The summed E-state index contributed by atoms with van der Waals surface area (Å²) in [5, 5.41) is -0.526. The van der Waals surface area contributed by atoms with Gasteiger partial charge in [-0.25, -0.2) is 8.42 Å². The summed E-state index contributed by atoms with van der Waals surface area (Å²) in [6, 6.07) is 5.57. The number of anilines is 1. The SMILES string of the molecule is CCc1ccc2c(c1)S(=O)(=O)C(CN)C(C)N2C. The topological polar surface area (TPSA) is 63.4 Å². The molecule has 1 aliphatic rings. The third-order valence-corrected chi connectivity index (χ3v) is 6.22. The molecule has 18 heavy (non-hydrogen) atoms. The fraction of sp³-hybridized carbons (Fsp3) is 0.538. The van der Waals surface area contributed by atoms with Crippen molar-refractivity contribution in [1.29, 1.82) is 0 Å². The molecule has 1 aromatic rings. The zero-order valence-electron chi connectivity index (χ0n) is 11.1. The minimum absolute atomic E-state index is 0.0972. The van der Waals surface area contributed by atoms with Gasteiger partial charge in [-0.3, -0.25) is 0 Å². The molecule has 0 fully saturated rings. The number of fused-ring (bicyclic) bond motifs is 1. The molecule has 1 aliphatic heterocycles. The number of nitrogens with zero attached hydrogens (tertiary/aromatic N) is 1. The molecule has 0 radical (unpaired) electrons. The fourth-order valence-corrected chi connectivity index (χ4v) is 4.61. The van der Waals surface area contributed by atoms with E-state index in [9.17, 15) is 8.42 Å². The molecular formula is C13H20N2O2S. The van der Waals surface area contributed by atoms with Gasteiger partial charge in [0.2, 0.25) is 0 Å². The first-order chi connectivity index (χ1) is 8.43. The van der Waals surface area contributed by atoms with E-state index < -0.39 is 15.1 Å². The van der Waals surface area contributed by atoms with Crippen molar-refractivity contribution < 1.29 is 8.42 Å². The molecule has 4 nitrogen and oxygen atoms in total. The summed E-state index contributed by atoms with van der Waals surface area (Å²) in [6.07, 6.45) is 0.829. The van der Waals surface area contributed by atoms with Gasteiger partial charge in [0.1, 0.15) is 0 Å². The quantitative estimate of drug-likeness (QED) is 0.875. The van der Waals surface area contributed by atoms with Gasteiger partial charge in [-0.2, -0.15) is 0 Å². The highest BCUT2D eigenvalue weighted by Crippen LogP contribution is 2.36. The molecular weight excluding hydrogens is 248 g/mol. The van der Waals surface area contributed by atoms with Gasteiger partial charge in [0.25, 0.3) is 0 Å². The van der Waals surface area contributed by atoms with E-state index in [2.05, 4.69) is 0 Å². The van der Waals surface area contributed by atoms with Crippen molar-refractivity contribution in [2.24, 2.45) is 5.73 Å². The predicted molar refractivity (Wildman–Crippen MR) is 73.7 cm³/mol. The predicted octanol–water partition coefficient (Wildman–Crippen LogP) is 1.19. The summed E-state index contributed by atoms with van der Waals surface area (Å²) >= 11 is 0. The number of nitrogens with two attached hydrogens (primary N) is 1. The van der Waals surface area contributed by atoms with Crippen molar-refractivity contribution >= 4 is 15.5 Å². The van der Waals surface area contributed by atoms with Crippen LogP contribution in [0.25, 0.3) is 0 Å². The highest BCUT2D eigenvalue weighted by molar-refractivity contribution is 7.92. The van der Waals surface area contributed by atoms with Crippen molar-refractivity contribution in [2.75, 3.05) is 18.5 Å². The van der Waals surface area contributed by atoms with Crippen molar-refractivity contribution in [3.05, 3.63) is 23.8 Å². The van der Waals surface area contributed by atoms with Crippen LogP contribution in [0, 0.1) is 0 Å². The summed E-state index contributed by atoms with van der Waals surface area (Å²) in [7, 11) is -1.39. The standard InChI is InChI=1S/C13H20N2O2S/c1-4-10-5-6-11-12(7-10)18(16,17)13(8-14)9(2)15(11)3/h5-7,9,13H,4,8,14H2,1-3H3. The zero-order valence-corrected chi connectivity index (χ0v) is 11.9. The number of aryl methyl sites for hydroxylation is 1. The minimum atomic E-state index is -3.31. The molecule has 0 aromatic heterocycles. The molecule has 0 amide bonds. The van der Waals surface area contributed by atoms with Gasteiger partial charge in [-0.15, -0.1) is 0 Å². The largest absolute Gasteiger partial charge is 0.369 e. The van der Waals surface area contributed by atoms with Gasteiger partial charge in [-0.05, 0) is 31.0 Å². The lowest BCUT2D eigenvalue weighted by Crippen LogP contribution is -2.51. The van der Waals surface area contributed by atoms with Crippen LogP contribution in [0.3, 0.4) is 0 Å². The van der Waals surface area contributed by atoms with E-state index in [0.29, 0.717) is 4.90 Å². The summed E-state index contributed by atoms with van der Waals surface area (Å²) in [5.41, 5.74) is 7.47. The highest BCUT2D eigenvalue weighted by Gasteiger charge is 2.40. The maximum absolute atomic E-state index is 12.6. The average Bonchev–Trinajstić information content (AvgIpc) is 2.36. The van der Waals surface area contributed by atoms with Gasteiger partial charge in [0.15, 0.2) is 9.84 Å². The number of hydrogen-bond acceptors (Lipinski definition) is 4. The average molecular weight is 268 g/mol. The Kier molecular flexibility index (Phi) is 3.38. The first-order valence-corrected chi connectivity index (χ1v) is 7.77. The maximum Gasteiger partial charge on any atom is 0.186 e. The van der Waals surface area contributed by atoms with E-state index in [1.54, 1.807) is 6.07 Å². The Labute approximate surface area is 109 Å². The van der Waals surface area contributed by atoms with Crippen LogP contribution in [-0.2, 0) is 16.3 Å². The van der Waals surface area contributed by atoms with Crippen LogP contribution in [0.2, 0.25) is 0 Å². The number of sulfone groups is 1. The normalized spacial score (nSPS) is 25.9. The van der Waals surface area contributed by atoms with E-state index in [-0.39, 0.29) is 12.6 Å². The monoisotopic (exact) mass is 268 g/mol. The van der Waals surface area contributed by atoms with Crippen LogP contribution in [0.15, 0.2) is 23.1 Å². The number of benzene rings is 1. The first kappa shape index (κ1) is 13.4. The van der Waals surface area contributed by atoms with Crippen LogP contribution in [0.4, 0.5) is 5.69 Å². The van der Waals surface area contributed by atoms with Crippen molar-refractivity contribution in [1.82, 2.24) is 0 Å². The summed E-state index contributed by atoms with van der Waals surface area (Å²) in [5.74, 6) is 0. The highest BCUT2D eigenvalue weighted by atomic mass is 32.2. The molecule has 0 aliphatic carbocycles. The Bertz CT molecular complexity index is 554. The van der Waals surface area contributed by atoms with Gasteiger partial charge < -0.3 is 10.6 Å². The fourth-order valence-electron chi connectivity index (χ4n) is 2.51. The maximum atomic E-state index is 12.6. The van der Waals surface area contributed by atoms with Crippen LogP contribution in [0.1, 0.15) is 19.4 Å². The van der Waals surface area contributed by atoms with Crippen molar-refractivity contribution in [2.45, 2.75) is 36.5 Å². The molecule has 2 N–H and O–H groups in total. The van der Waals surface area contributed by atoms with E-state index in [1.807, 2.05) is 37.9 Å². The van der Waals surface area contributed by atoms with Crippen LogP contribution in [0.5, 0.6) is 0 Å². The Morgan fingerprint density at radius 3 is 2.61 bits per heavy atom. The van der Waals surface area contributed by atoms with E-state index in [4.69, 9.17) is 5.73 Å². The van der Waals surface area contributed by atoms with Gasteiger partial charge in [0, 0.05) is 19.6 Å². The molecule has 1 heterocycles. The second-order valence-electron chi connectivity index (χ2n) is 4.83. The molecule has 5 heteroatoms. The van der Waals surface area contributed by atoms with E-state index in [0.717, 1.165) is 17.7 Å². The molecule has 100 valence electrons. The van der Waals surface area contributed by atoms with Crippen molar-refractivity contribution in [3.63, 3.8) is 0 Å². The molecule has 0 saturated heterocycles. The minimum Gasteiger partial charge on any atom is -0.369 e. The zero-order chi connectivity index (χ0) is 13.5. The Morgan fingerprint density at radius 1 is 1.39 bits per heavy atom. The molecule has 1 aromatic carbocycles. The van der Waals surface area contributed by atoms with E-state index in [1.165, 1.54) is 0 Å². The molecule has 2 rings (SSSR count). The van der Waals surface area contributed by atoms with Crippen molar-refractivity contribution in [3.8, 4) is 0 Å². The van der Waals surface area contributed by atoms with Gasteiger partial charge in [0.05, 0.1) is 15.8 Å². The second-order valence-corrected chi connectivity index (χ2v) is 6.96. The lowest BCUT2D eigenvalue weighted by Gasteiger charge is -2.39. The van der Waals surface area contributed by atoms with Crippen LogP contribution < -0.4 is 10.6 Å². The molecule has 0 spiro atoms. The summed E-state index contributed by atoms with van der Waals surface area (Å²) in [6.45, 7) is 4.08. The van der Waals surface area contributed by atoms with Gasteiger partial charge >= 0.3 is 0 Å². The third kappa shape index (κ3) is 1.82. The van der Waals surface area contributed by atoms with E-state index >= 15 is 0 Å². The lowest BCUT2D eigenvalue weighted by atomic mass is 10.1. The Hall–Kier alpha value is -1.07. The molecule has 0 bridgehead atoms. The summed E-state index contributed by atoms with van der Waals surface area (Å²) < 4.78 is 25.1. The molecule has 0 saturated carbocycles. The Balaban J connectivity index is 2.68. The van der Waals surface area contributed by atoms with Crippen LogP contribution >= 0.6 is 0 Å². The van der Waals surface area contributed by atoms with Gasteiger partial charge in [-0.1, -0.05) is 13.0 Å². The van der Waals surface area contributed by atoms with Crippen LogP contribution in [-0.4, -0.2) is 33.3 Å². The molecule has 2 atom stereocenters. The summed E-state index contributed by atoms with van der Waals surface area (Å²) in [4.78, 5) is 2.44. The first-order valence-electron chi connectivity index (χ1n) is 6.23. The third-order valence-electron chi connectivity index (χ3n) is 3.90.